The molecule has 7 heteroatoms. The molecule has 166 valence electrons. The smallest absolute Gasteiger partial charge is 0.337 e. The number of thiocarbonyl (C=S) groups is 1. The molecular weight excluding hydrogens is 430 g/mol. The van der Waals surface area contributed by atoms with Gasteiger partial charge in [-0.25, -0.2) is 14.6 Å². The predicted molar refractivity (Wildman–Crippen MR) is 133 cm³/mol. The topological polar surface area (TPSA) is 65.0 Å². The lowest BCUT2D eigenvalue weighted by Crippen LogP contribution is -2.03. The molecule has 0 saturated carbocycles. The largest absolute Gasteiger partial charge is 0.465 e. The number of hydrogen-bond acceptors (Lipinski definition) is 7. The van der Waals surface area contributed by atoms with Gasteiger partial charge in [-0.15, -0.1) is 11.8 Å². The number of methoxy groups -OCH3 is 2. The van der Waals surface area contributed by atoms with E-state index in [0.717, 1.165) is 40.4 Å². The third-order valence-corrected chi connectivity index (χ3v) is 5.49. The van der Waals surface area contributed by atoms with Crippen LogP contribution in [0.3, 0.4) is 0 Å². The van der Waals surface area contributed by atoms with E-state index in [1.54, 1.807) is 36.0 Å². The summed E-state index contributed by atoms with van der Waals surface area (Å²) in [6.45, 7) is 4.09. The first-order chi connectivity index (χ1) is 14.9. The molecule has 31 heavy (non-hydrogen) atoms. The molecule has 0 aliphatic carbocycles. The zero-order valence-corrected chi connectivity index (χ0v) is 20.3. The molecule has 0 N–H and O–H groups in total. The maximum Gasteiger partial charge on any atom is 0.337 e. The molecule has 0 atom stereocenters. The maximum absolute atomic E-state index is 11.3. The molecular formula is C24H29NO4S2. The van der Waals surface area contributed by atoms with Crippen LogP contribution in [-0.2, 0) is 15.9 Å². The molecule has 0 heterocycles. The number of rotatable bonds is 7. The van der Waals surface area contributed by atoms with Crippen LogP contribution in [0.5, 0.6) is 0 Å². The van der Waals surface area contributed by atoms with Crippen LogP contribution in [0.15, 0.2) is 53.5 Å². The van der Waals surface area contributed by atoms with Gasteiger partial charge in [-0.1, -0.05) is 44.3 Å². The van der Waals surface area contributed by atoms with Gasteiger partial charge in [-0.2, -0.15) is 0 Å². The minimum atomic E-state index is -0.334. The summed E-state index contributed by atoms with van der Waals surface area (Å²) in [5.41, 5.74) is 2.95. The molecule has 0 unspecified atom stereocenters. The van der Waals surface area contributed by atoms with Crippen molar-refractivity contribution < 1.29 is 19.1 Å². The highest BCUT2D eigenvalue weighted by Gasteiger charge is 2.06. The molecule has 0 radical (unpaired) electrons. The van der Waals surface area contributed by atoms with Crippen LogP contribution in [-0.4, -0.2) is 42.3 Å². The Labute approximate surface area is 194 Å². The van der Waals surface area contributed by atoms with Crippen LogP contribution in [0.2, 0.25) is 0 Å². The van der Waals surface area contributed by atoms with Crippen molar-refractivity contribution in [2.75, 3.05) is 20.5 Å². The van der Waals surface area contributed by atoms with E-state index >= 15 is 0 Å². The molecule has 0 amide bonds. The first-order valence-corrected chi connectivity index (χ1v) is 11.5. The van der Waals surface area contributed by atoms with Gasteiger partial charge in [-0.3, -0.25) is 0 Å². The normalized spacial score (nSPS) is 10.5. The molecule has 0 aliphatic heterocycles. The summed E-state index contributed by atoms with van der Waals surface area (Å²) in [6, 6.07) is 14.5. The Morgan fingerprint density at radius 2 is 1.52 bits per heavy atom. The highest BCUT2D eigenvalue weighted by Crippen LogP contribution is 2.18. The van der Waals surface area contributed by atoms with E-state index in [9.17, 15) is 9.59 Å². The van der Waals surface area contributed by atoms with Crippen molar-refractivity contribution in [3.8, 4) is 0 Å². The molecule has 0 aliphatic rings. The Balaban J connectivity index is 0.000000311. The van der Waals surface area contributed by atoms with Gasteiger partial charge in [0, 0.05) is 6.42 Å². The van der Waals surface area contributed by atoms with Crippen molar-refractivity contribution in [2.24, 2.45) is 4.99 Å². The molecule has 5 nitrogen and oxygen atoms in total. The molecule has 0 spiro atoms. The first-order valence-electron chi connectivity index (χ1n) is 9.87. The van der Waals surface area contributed by atoms with E-state index in [2.05, 4.69) is 21.4 Å². The number of carbonyl (C=O) groups is 2. The number of benzene rings is 2. The van der Waals surface area contributed by atoms with Crippen molar-refractivity contribution in [1.82, 2.24) is 0 Å². The fourth-order valence-corrected chi connectivity index (χ4v) is 3.16. The molecule has 0 saturated heterocycles. The van der Waals surface area contributed by atoms with E-state index in [1.165, 1.54) is 14.2 Å². The molecule has 2 aromatic rings. The third kappa shape index (κ3) is 9.44. The highest BCUT2D eigenvalue weighted by atomic mass is 32.2. The van der Waals surface area contributed by atoms with Crippen LogP contribution in [0.25, 0.3) is 0 Å². The summed E-state index contributed by atoms with van der Waals surface area (Å²) in [6.07, 6.45) is 4.52. The summed E-state index contributed by atoms with van der Waals surface area (Å²) in [4.78, 5) is 28.0. The van der Waals surface area contributed by atoms with Gasteiger partial charge in [0.1, 0.15) is 0 Å². The second kappa shape index (κ2) is 14.5. The molecule has 0 aromatic heterocycles. The number of nitrogens with zero attached hydrogens (tertiary/aromatic N) is 1. The zero-order chi connectivity index (χ0) is 23.2. The monoisotopic (exact) mass is 459 g/mol. The van der Waals surface area contributed by atoms with Crippen LogP contribution in [0.4, 0.5) is 5.69 Å². The van der Waals surface area contributed by atoms with Gasteiger partial charge in [-0.05, 0) is 59.9 Å². The Morgan fingerprint density at radius 3 is 2.03 bits per heavy atom. The van der Waals surface area contributed by atoms with Crippen molar-refractivity contribution in [2.45, 2.75) is 33.1 Å². The van der Waals surface area contributed by atoms with Gasteiger partial charge in [0.05, 0.1) is 36.1 Å². The van der Waals surface area contributed by atoms with Crippen LogP contribution >= 0.6 is 24.0 Å². The van der Waals surface area contributed by atoms with E-state index in [0.29, 0.717) is 11.1 Å². The highest BCUT2D eigenvalue weighted by molar-refractivity contribution is 8.13. The van der Waals surface area contributed by atoms with E-state index in [-0.39, 0.29) is 11.9 Å². The van der Waals surface area contributed by atoms with Crippen LogP contribution < -0.4 is 0 Å². The van der Waals surface area contributed by atoms with Gasteiger partial charge in [0.2, 0.25) is 0 Å². The van der Waals surface area contributed by atoms with Gasteiger partial charge in [0.15, 0.2) is 0 Å². The standard InChI is InChI=1S/C12H15NO2S.C12H14O2S/c1-4-11(16-3)13-10-7-5-6-9(8-10)12(14)15-2;1-3-11(15)8-9-5-4-6-10(7-9)12(13)14-2/h5-8H,4H2,1-3H3;4-7H,3,8H2,1-2H3. The number of hydrogen-bond donors (Lipinski definition) is 0. The Kier molecular flexibility index (Phi) is 12.4. The lowest BCUT2D eigenvalue weighted by molar-refractivity contribution is 0.0592. The predicted octanol–water partition coefficient (Wildman–Crippen LogP) is 6.07. The molecule has 0 bridgehead atoms. The maximum atomic E-state index is 11.3. The summed E-state index contributed by atoms with van der Waals surface area (Å²) in [7, 11) is 2.75. The van der Waals surface area contributed by atoms with E-state index < -0.39 is 0 Å². The Morgan fingerprint density at radius 1 is 0.935 bits per heavy atom. The summed E-state index contributed by atoms with van der Waals surface area (Å²) in [5.74, 6) is -0.640. The molecule has 2 rings (SSSR count). The van der Waals surface area contributed by atoms with Crippen LogP contribution in [0, 0.1) is 0 Å². The average Bonchev–Trinajstić information content (AvgIpc) is 2.82. The Hall–Kier alpha value is -2.51. The average molecular weight is 460 g/mol. The van der Waals surface area contributed by atoms with Crippen LogP contribution in [0.1, 0.15) is 53.0 Å². The number of aliphatic imine (C=N–C) groups is 1. The molecule has 0 fully saturated rings. The van der Waals surface area contributed by atoms with E-state index in [4.69, 9.17) is 12.2 Å². The SMILES string of the molecule is CCC(=Nc1cccc(C(=O)OC)c1)SC.CCC(=S)Cc1cccc(C(=O)OC)c1. The van der Waals surface area contributed by atoms with Gasteiger partial charge >= 0.3 is 11.9 Å². The second-order valence-electron chi connectivity index (χ2n) is 6.37. The first kappa shape index (κ1) is 26.5. The number of thioether (sulfide) groups is 1. The lowest BCUT2D eigenvalue weighted by Gasteiger charge is -2.03. The third-order valence-electron chi connectivity index (χ3n) is 4.20. The quantitative estimate of drug-likeness (QED) is 0.217. The number of carbonyl (C=O) groups excluding carboxylic acids is 2. The zero-order valence-electron chi connectivity index (χ0n) is 18.6. The fraction of sp³-hybridized carbons (Fsp3) is 0.333. The minimum absolute atomic E-state index is 0.306. The van der Waals surface area contributed by atoms with E-state index in [1.807, 2.05) is 37.4 Å². The fourth-order valence-electron chi connectivity index (χ4n) is 2.51. The summed E-state index contributed by atoms with van der Waals surface area (Å²) in [5, 5.41) is 1.04. The summed E-state index contributed by atoms with van der Waals surface area (Å²) < 4.78 is 9.31. The van der Waals surface area contributed by atoms with Crippen molar-refractivity contribution >= 4 is 51.5 Å². The Bertz CT molecular complexity index is 919. The number of esters is 2. The lowest BCUT2D eigenvalue weighted by atomic mass is 10.1. The number of ether oxygens (including phenoxy) is 2. The summed E-state index contributed by atoms with van der Waals surface area (Å²) >= 11 is 6.78. The molecule has 2 aromatic carbocycles. The van der Waals surface area contributed by atoms with Crippen molar-refractivity contribution in [1.29, 1.82) is 0 Å². The van der Waals surface area contributed by atoms with Gasteiger partial charge < -0.3 is 9.47 Å². The van der Waals surface area contributed by atoms with Crippen molar-refractivity contribution in [3.05, 3.63) is 65.2 Å². The van der Waals surface area contributed by atoms with Gasteiger partial charge in [0.25, 0.3) is 0 Å². The van der Waals surface area contributed by atoms with Crippen molar-refractivity contribution in [3.63, 3.8) is 0 Å². The minimum Gasteiger partial charge on any atom is -0.465 e. The second-order valence-corrected chi connectivity index (χ2v) is 7.82.